The standard InChI is InChI=1S/C16H23N3O3/c1-3-5-10-19-16(15(11-20)17-18-19)12-22-14-8-6-13(7-9-14)21-4-2/h6-9,20H,3-5,10-12H2,1-2H3. The van der Waals surface area contributed by atoms with Crippen LogP contribution in [0.3, 0.4) is 0 Å². The number of benzene rings is 1. The molecule has 120 valence electrons. The van der Waals surface area contributed by atoms with Gasteiger partial charge in [-0.05, 0) is 37.6 Å². The van der Waals surface area contributed by atoms with Gasteiger partial charge in [-0.15, -0.1) is 5.10 Å². The van der Waals surface area contributed by atoms with Crippen LogP contribution in [0.5, 0.6) is 11.5 Å². The van der Waals surface area contributed by atoms with Crippen LogP contribution in [0, 0.1) is 0 Å². The van der Waals surface area contributed by atoms with Gasteiger partial charge in [0.15, 0.2) is 0 Å². The average Bonchev–Trinajstić information content (AvgIpc) is 2.94. The number of aromatic nitrogens is 3. The molecule has 0 bridgehead atoms. The molecule has 2 aromatic rings. The lowest BCUT2D eigenvalue weighted by atomic mass is 10.3. The minimum atomic E-state index is -0.131. The SMILES string of the molecule is CCCCn1nnc(CO)c1COc1ccc(OCC)cc1. The molecule has 1 aromatic carbocycles. The van der Waals surface area contributed by atoms with E-state index in [1.807, 2.05) is 35.9 Å². The highest BCUT2D eigenvalue weighted by atomic mass is 16.5. The summed E-state index contributed by atoms with van der Waals surface area (Å²) < 4.78 is 13.0. The summed E-state index contributed by atoms with van der Waals surface area (Å²) in [4.78, 5) is 0. The molecule has 0 aliphatic rings. The predicted molar refractivity (Wildman–Crippen MR) is 82.8 cm³/mol. The van der Waals surface area contributed by atoms with Gasteiger partial charge in [0, 0.05) is 6.54 Å². The van der Waals surface area contributed by atoms with Gasteiger partial charge < -0.3 is 14.6 Å². The van der Waals surface area contributed by atoms with Crippen molar-refractivity contribution >= 4 is 0 Å². The molecule has 0 amide bonds. The summed E-state index contributed by atoms with van der Waals surface area (Å²) in [6, 6.07) is 7.48. The Morgan fingerprint density at radius 1 is 1.09 bits per heavy atom. The third kappa shape index (κ3) is 4.21. The first-order valence-corrected chi connectivity index (χ1v) is 7.66. The third-order valence-electron chi connectivity index (χ3n) is 3.30. The zero-order valence-electron chi connectivity index (χ0n) is 13.2. The van der Waals surface area contributed by atoms with Crippen molar-refractivity contribution in [3.63, 3.8) is 0 Å². The number of aliphatic hydroxyl groups excluding tert-OH is 1. The van der Waals surface area contributed by atoms with Gasteiger partial charge in [-0.3, -0.25) is 0 Å². The zero-order valence-corrected chi connectivity index (χ0v) is 13.2. The van der Waals surface area contributed by atoms with Crippen LogP contribution >= 0.6 is 0 Å². The van der Waals surface area contributed by atoms with E-state index in [9.17, 15) is 5.11 Å². The Hall–Kier alpha value is -2.08. The van der Waals surface area contributed by atoms with Gasteiger partial charge in [-0.1, -0.05) is 18.6 Å². The van der Waals surface area contributed by atoms with E-state index < -0.39 is 0 Å². The van der Waals surface area contributed by atoms with E-state index in [-0.39, 0.29) is 6.61 Å². The molecule has 22 heavy (non-hydrogen) atoms. The van der Waals surface area contributed by atoms with Gasteiger partial charge in [0.25, 0.3) is 0 Å². The smallest absolute Gasteiger partial charge is 0.132 e. The number of hydrogen-bond acceptors (Lipinski definition) is 5. The molecular formula is C16H23N3O3. The number of unbranched alkanes of at least 4 members (excludes halogenated alkanes) is 1. The Kier molecular flexibility index (Phi) is 6.21. The van der Waals surface area contributed by atoms with Crippen LogP contribution in [-0.2, 0) is 19.8 Å². The van der Waals surface area contributed by atoms with Gasteiger partial charge in [0.2, 0.25) is 0 Å². The van der Waals surface area contributed by atoms with Crippen molar-refractivity contribution in [3.8, 4) is 11.5 Å². The minimum Gasteiger partial charge on any atom is -0.494 e. The lowest BCUT2D eigenvalue weighted by molar-refractivity contribution is 0.261. The van der Waals surface area contributed by atoms with Crippen LogP contribution in [0.15, 0.2) is 24.3 Å². The fourth-order valence-corrected chi connectivity index (χ4v) is 2.09. The third-order valence-corrected chi connectivity index (χ3v) is 3.30. The molecule has 1 heterocycles. The summed E-state index contributed by atoms with van der Waals surface area (Å²) in [6.07, 6.45) is 2.10. The van der Waals surface area contributed by atoms with Gasteiger partial charge in [0.05, 0.1) is 13.2 Å². The van der Waals surface area contributed by atoms with Crippen molar-refractivity contribution in [1.82, 2.24) is 15.0 Å². The molecule has 2 rings (SSSR count). The summed E-state index contributed by atoms with van der Waals surface area (Å²) >= 11 is 0. The van der Waals surface area contributed by atoms with Crippen molar-refractivity contribution in [2.75, 3.05) is 6.61 Å². The normalized spacial score (nSPS) is 10.7. The van der Waals surface area contributed by atoms with Crippen molar-refractivity contribution in [3.05, 3.63) is 35.7 Å². The van der Waals surface area contributed by atoms with E-state index in [0.29, 0.717) is 18.9 Å². The van der Waals surface area contributed by atoms with Crippen molar-refractivity contribution in [2.24, 2.45) is 0 Å². The molecule has 0 saturated heterocycles. The maximum atomic E-state index is 9.36. The highest BCUT2D eigenvalue weighted by Crippen LogP contribution is 2.19. The van der Waals surface area contributed by atoms with Crippen LogP contribution in [0.1, 0.15) is 38.1 Å². The Morgan fingerprint density at radius 2 is 1.77 bits per heavy atom. The van der Waals surface area contributed by atoms with E-state index in [1.54, 1.807) is 0 Å². The molecular weight excluding hydrogens is 282 g/mol. The lowest BCUT2D eigenvalue weighted by Crippen LogP contribution is -2.09. The summed E-state index contributed by atoms with van der Waals surface area (Å²) in [5.41, 5.74) is 1.40. The summed E-state index contributed by atoms with van der Waals surface area (Å²) in [5.74, 6) is 1.57. The maximum Gasteiger partial charge on any atom is 0.132 e. The first-order chi connectivity index (χ1) is 10.8. The second-order valence-electron chi connectivity index (χ2n) is 4.91. The highest BCUT2D eigenvalue weighted by Gasteiger charge is 2.12. The van der Waals surface area contributed by atoms with E-state index in [1.165, 1.54) is 0 Å². The summed E-state index contributed by atoms with van der Waals surface area (Å²) in [5, 5.41) is 17.4. The van der Waals surface area contributed by atoms with Crippen LogP contribution in [0.25, 0.3) is 0 Å². The van der Waals surface area contributed by atoms with E-state index >= 15 is 0 Å². The minimum absolute atomic E-state index is 0.131. The number of aliphatic hydroxyl groups is 1. The first kappa shape index (κ1) is 16.3. The second-order valence-corrected chi connectivity index (χ2v) is 4.91. The lowest BCUT2D eigenvalue weighted by Gasteiger charge is -2.10. The van der Waals surface area contributed by atoms with Crippen LogP contribution < -0.4 is 9.47 Å². The largest absolute Gasteiger partial charge is 0.494 e. The Labute approximate surface area is 130 Å². The van der Waals surface area contributed by atoms with Crippen molar-refractivity contribution < 1.29 is 14.6 Å². The number of hydrogen-bond donors (Lipinski definition) is 1. The quantitative estimate of drug-likeness (QED) is 0.771. The molecule has 0 unspecified atom stereocenters. The van der Waals surface area contributed by atoms with Gasteiger partial charge in [-0.2, -0.15) is 0 Å². The topological polar surface area (TPSA) is 69.4 Å². The molecule has 6 heteroatoms. The monoisotopic (exact) mass is 305 g/mol. The van der Waals surface area contributed by atoms with Gasteiger partial charge in [0.1, 0.15) is 29.5 Å². The first-order valence-electron chi connectivity index (χ1n) is 7.66. The molecule has 1 N–H and O–H groups in total. The van der Waals surface area contributed by atoms with Gasteiger partial charge in [-0.25, -0.2) is 4.68 Å². The van der Waals surface area contributed by atoms with Crippen LogP contribution in [0.4, 0.5) is 0 Å². The molecule has 0 atom stereocenters. The number of aryl methyl sites for hydroxylation is 1. The molecule has 0 aliphatic carbocycles. The molecule has 0 radical (unpaired) electrons. The number of nitrogens with zero attached hydrogens (tertiary/aromatic N) is 3. The maximum absolute atomic E-state index is 9.36. The summed E-state index contributed by atoms with van der Waals surface area (Å²) in [6.45, 7) is 5.70. The molecule has 0 saturated carbocycles. The Morgan fingerprint density at radius 3 is 2.36 bits per heavy atom. The Balaban J connectivity index is 2.01. The van der Waals surface area contributed by atoms with Crippen LogP contribution in [0.2, 0.25) is 0 Å². The zero-order chi connectivity index (χ0) is 15.8. The second kappa shape index (κ2) is 8.38. The number of ether oxygens (including phenoxy) is 2. The van der Waals surface area contributed by atoms with Crippen LogP contribution in [-0.4, -0.2) is 26.7 Å². The van der Waals surface area contributed by atoms with E-state index in [4.69, 9.17) is 9.47 Å². The fourth-order valence-electron chi connectivity index (χ4n) is 2.09. The molecule has 0 aliphatic heterocycles. The van der Waals surface area contributed by atoms with Crippen molar-refractivity contribution in [1.29, 1.82) is 0 Å². The Bertz CT molecular complexity index is 567. The number of rotatable bonds is 9. The molecule has 0 fully saturated rings. The van der Waals surface area contributed by atoms with E-state index in [2.05, 4.69) is 17.2 Å². The molecule has 0 spiro atoms. The molecule has 6 nitrogen and oxygen atoms in total. The predicted octanol–water partition coefficient (Wildman–Crippen LogP) is 2.55. The highest BCUT2D eigenvalue weighted by molar-refractivity contribution is 5.31. The van der Waals surface area contributed by atoms with Gasteiger partial charge >= 0.3 is 0 Å². The summed E-state index contributed by atoms with van der Waals surface area (Å²) in [7, 11) is 0. The molecule has 1 aromatic heterocycles. The van der Waals surface area contributed by atoms with E-state index in [0.717, 1.165) is 36.6 Å². The van der Waals surface area contributed by atoms with Crippen molar-refractivity contribution in [2.45, 2.75) is 46.4 Å². The average molecular weight is 305 g/mol. The fraction of sp³-hybridized carbons (Fsp3) is 0.500.